The van der Waals surface area contributed by atoms with Crippen molar-refractivity contribution in [1.82, 2.24) is 0 Å². The van der Waals surface area contributed by atoms with E-state index in [1.807, 2.05) is 44.3 Å². The first-order chi connectivity index (χ1) is 8.88. The van der Waals surface area contributed by atoms with Crippen molar-refractivity contribution in [3.8, 4) is 0 Å². The van der Waals surface area contributed by atoms with Crippen molar-refractivity contribution in [2.45, 2.75) is 39.5 Å². The van der Waals surface area contributed by atoms with Crippen molar-refractivity contribution in [3.63, 3.8) is 0 Å². The number of carbonyl (C=O) groups excluding carboxylic acids is 1. The van der Waals surface area contributed by atoms with Gasteiger partial charge in [-0.2, -0.15) is 0 Å². The van der Waals surface area contributed by atoms with Crippen LogP contribution in [0.1, 0.15) is 31.9 Å². The summed E-state index contributed by atoms with van der Waals surface area (Å²) in [4.78, 5) is 21.5. The van der Waals surface area contributed by atoms with Gasteiger partial charge in [-0.1, -0.05) is 37.3 Å². The van der Waals surface area contributed by atoms with Crippen LogP contribution in [0.4, 0.5) is 0 Å². The van der Waals surface area contributed by atoms with Gasteiger partial charge in [0.2, 0.25) is 8.32 Å². The average molecular weight is 278 g/mol. The van der Waals surface area contributed by atoms with E-state index in [4.69, 9.17) is 4.74 Å². The average Bonchev–Trinajstić information content (AvgIpc) is 2.35. The number of ether oxygens (including phenoxy) is 1. The summed E-state index contributed by atoms with van der Waals surface area (Å²) in [6.07, 6.45) is 3.57. The Labute approximate surface area is 116 Å². The first-order valence-corrected chi connectivity index (χ1v) is 9.49. The minimum absolute atomic E-state index is 0.235. The number of esters is 1. The molecular weight excluding hydrogens is 256 g/mol. The molecule has 1 N–H and O–H groups in total. The number of carbonyl (C=O) groups is 1. The van der Waals surface area contributed by atoms with E-state index in [1.165, 1.54) is 6.08 Å². The van der Waals surface area contributed by atoms with E-state index in [9.17, 15) is 9.59 Å². The van der Waals surface area contributed by atoms with E-state index >= 15 is 0 Å². The predicted molar refractivity (Wildman–Crippen MR) is 79.7 cm³/mol. The van der Waals surface area contributed by atoms with Crippen molar-refractivity contribution in [3.05, 3.63) is 42.0 Å². The Hall–Kier alpha value is -1.39. The first kappa shape index (κ1) is 15.7. The van der Waals surface area contributed by atoms with E-state index in [0.717, 1.165) is 17.2 Å². The van der Waals surface area contributed by atoms with Crippen molar-refractivity contribution in [2.24, 2.45) is 0 Å². The van der Waals surface area contributed by atoms with Gasteiger partial charge in [0.05, 0.1) is 0 Å². The summed E-state index contributed by atoms with van der Waals surface area (Å²) in [6.45, 7) is 7.52. The summed E-state index contributed by atoms with van der Waals surface area (Å²) < 4.78 is 5.37. The van der Waals surface area contributed by atoms with Crippen LogP contribution in [0, 0.1) is 0 Å². The molecule has 0 aliphatic carbocycles. The molecular formula is C15H22O3Si. The van der Waals surface area contributed by atoms with Crippen molar-refractivity contribution < 1.29 is 14.3 Å². The molecule has 0 fully saturated rings. The van der Waals surface area contributed by atoms with Gasteiger partial charge in [-0.25, -0.2) is 4.79 Å². The van der Waals surface area contributed by atoms with Crippen LogP contribution in [0.5, 0.6) is 0 Å². The standard InChI is InChI=1S/C15H22O3Si/c1-5-7-15(16)18-14(6-2)12-8-10-13(11-9-12)19(3,4)17/h5,7-11,14,17H,6H2,1-4H3/b7-5+. The summed E-state index contributed by atoms with van der Waals surface area (Å²) in [6, 6.07) is 7.70. The van der Waals surface area contributed by atoms with Gasteiger partial charge in [-0.15, -0.1) is 0 Å². The second-order valence-electron chi connectivity index (χ2n) is 5.01. The fourth-order valence-electron chi connectivity index (χ4n) is 1.81. The molecule has 1 aromatic rings. The normalized spacial score (nSPS) is 13.5. The molecule has 19 heavy (non-hydrogen) atoms. The van der Waals surface area contributed by atoms with Crippen LogP contribution in [-0.2, 0) is 9.53 Å². The predicted octanol–water partition coefficient (Wildman–Crippen LogP) is 2.66. The third-order valence-electron chi connectivity index (χ3n) is 2.92. The quantitative estimate of drug-likeness (QED) is 0.512. The highest BCUT2D eigenvalue weighted by Crippen LogP contribution is 2.20. The maximum atomic E-state index is 11.5. The molecule has 1 aromatic carbocycles. The monoisotopic (exact) mass is 278 g/mol. The molecule has 0 bridgehead atoms. The summed E-state index contributed by atoms with van der Waals surface area (Å²) in [5.41, 5.74) is 0.961. The third kappa shape index (κ3) is 4.65. The Morgan fingerprint density at radius 2 is 1.95 bits per heavy atom. The minimum atomic E-state index is -2.26. The third-order valence-corrected chi connectivity index (χ3v) is 4.67. The highest BCUT2D eigenvalue weighted by atomic mass is 28.4. The molecule has 0 aliphatic heterocycles. The van der Waals surface area contributed by atoms with Crippen molar-refractivity contribution in [2.75, 3.05) is 0 Å². The van der Waals surface area contributed by atoms with Gasteiger partial charge in [0.1, 0.15) is 6.10 Å². The van der Waals surface area contributed by atoms with Crippen LogP contribution in [-0.4, -0.2) is 19.1 Å². The number of allylic oxidation sites excluding steroid dienone is 1. The Bertz CT molecular complexity index is 443. The zero-order valence-corrected chi connectivity index (χ0v) is 13.0. The molecule has 0 heterocycles. The maximum absolute atomic E-state index is 11.5. The van der Waals surface area contributed by atoms with Crippen LogP contribution in [0.25, 0.3) is 0 Å². The summed E-state index contributed by atoms with van der Waals surface area (Å²) in [5, 5.41) is 0.978. The zero-order chi connectivity index (χ0) is 14.5. The molecule has 104 valence electrons. The Morgan fingerprint density at radius 1 is 1.37 bits per heavy atom. The van der Waals surface area contributed by atoms with E-state index in [-0.39, 0.29) is 12.1 Å². The Kier molecular flexibility index (Phi) is 5.51. The molecule has 0 saturated carbocycles. The smallest absolute Gasteiger partial charge is 0.331 e. The molecule has 1 unspecified atom stereocenters. The van der Waals surface area contributed by atoms with Gasteiger partial charge in [0.25, 0.3) is 0 Å². The van der Waals surface area contributed by atoms with Gasteiger partial charge in [0, 0.05) is 6.08 Å². The molecule has 0 spiro atoms. The first-order valence-electron chi connectivity index (χ1n) is 6.54. The largest absolute Gasteiger partial charge is 0.454 e. The molecule has 0 aromatic heterocycles. The number of hydrogen-bond acceptors (Lipinski definition) is 3. The number of rotatable bonds is 5. The molecule has 1 atom stereocenters. The van der Waals surface area contributed by atoms with Gasteiger partial charge in [-0.05, 0) is 37.2 Å². The highest BCUT2D eigenvalue weighted by molar-refractivity contribution is 6.83. The lowest BCUT2D eigenvalue weighted by Gasteiger charge is -2.18. The lowest BCUT2D eigenvalue weighted by atomic mass is 10.1. The van der Waals surface area contributed by atoms with Crippen LogP contribution in [0.2, 0.25) is 13.1 Å². The van der Waals surface area contributed by atoms with E-state index in [2.05, 4.69) is 0 Å². The van der Waals surface area contributed by atoms with Gasteiger partial charge >= 0.3 is 5.97 Å². The molecule has 4 heteroatoms. The van der Waals surface area contributed by atoms with Gasteiger partial charge < -0.3 is 9.53 Å². The van der Waals surface area contributed by atoms with Gasteiger partial charge in [-0.3, -0.25) is 0 Å². The molecule has 0 aliphatic rings. The summed E-state index contributed by atoms with van der Waals surface area (Å²) in [7, 11) is -2.26. The van der Waals surface area contributed by atoms with Gasteiger partial charge in [0.15, 0.2) is 0 Å². The van der Waals surface area contributed by atoms with E-state index in [1.54, 1.807) is 13.0 Å². The highest BCUT2D eigenvalue weighted by Gasteiger charge is 2.20. The second kappa shape index (κ2) is 6.68. The van der Waals surface area contributed by atoms with Crippen LogP contribution in [0.3, 0.4) is 0 Å². The van der Waals surface area contributed by atoms with E-state index < -0.39 is 8.32 Å². The molecule has 0 radical (unpaired) electrons. The second-order valence-corrected chi connectivity index (χ2v) is 8.71. The number of benzene rings is 1. The van der Waals surface area contributed by atoms with Crippen LogP contribution in [0.15, 0.2) is 36.4 Å². The number of hydrogen-bond donors (Lipinski definition) is 1. The summed E-state index contributed by atoms with van der Waals surface area (Å²) in [5.74, 6) is -0.324. The lowest BCUT2D eigenvalue weighted by molar-refractivity contribution is -0.143. The maximum Gasteiger partial charge on any atom is 0.331 e. The topological polar surface area (TPSA) is 46.5 Å². The van der Waals surface area contributed by atoms with Crippen LogP contribution >= 0.6 is 0 Å². The Balaban J connectivity index is 2.85. The fourth-order valence-corrected chi connectivity index (χ4v) is 2.79. The fraction of sp³-hybridized carbons (Fsp3) is 0.400. The van der Waals surface area contributed by atoms with Crippen molar-refractivity contribution in [1.29, 1.82) is 0 Å². The summed E-state index contributed by atoms with van der Waals surface area (Å²) >= 11 is 0. The molecule has 3 nitrogen and oxygen atoms in total. The van der Waals surface area contributed by atoms with Crippen LogP contribution < -0.4 is 5.19 Å². The minimum Gasteiger partial charge on any atom is -0.454 e. The molecule has 0 amide bonds. The van der Waals surface area contributed by atoms with Crippen molar-refractivity contribution >= 4 is 19.5 Å². The molecule has 1 rings (SSSR count). The lowest BCUT2D eigenvalue weighted by Crippen LogP contribution is -2.41. The molecule has 0 saturated heterocycles. The Morgan fingerprint density at radius 3 is 2.37 bits per heavy atom. The SMILES string of the molecule is C/C=C/C(=O)OC(CC)c1ccc([Si](C)(C)O)cc1. The van der Waals surface area contributed by atoms with E-state index in [0.29, 0.717) is 0 Å². The zero-order valence-electron chi connectivity index (χ0n) is 12.0.